The molecule has 1 heteroatoms. The average molecular weight is 222 g/mol. The van der Waals surface area contributed by atoms with Crippen LogP contribution in [0.1, 0.15) is 59.8 Å². The van der Waals surface area contributed by atoms with Gasteiger partial charge in [0.05, 0.1) is 5.60 Å². The summed E-state index contributed by atoms with van der Waals surface area (Å²) < 4.78 is 0. The summed E-state index contributed by atoms with van der Waals surface area (Å²) in [6.07, 6.45) is 6.18. The minimum Gasteiger partial charge on any atom is -0.389 e. The Morgan fingerprint density at radius 1 is 1.06 bits per heavy atom. The van der Waals surface area contributed by atoms with Crippen LogP contribution in [0.3, 0.4) is 0 Å². The van der Waals surface area contributed by atoms with Gasteiger partial charge in [0.2, 0.25) is 0 Å². The highest BCUT2D eigenvalue weighted by atomic mass is 16.3. The molecule has 0 unspecified atom stereocenters. The maximum absolute atomic E-state index is 11.3. The van der Waals surface area contributed by atoms with Crippen molar-refractivity contribution in [3.05, 3.63) is 0 Å². The second-order valence-corrected chi connectivity index (χ2v) is 7.50. The van der Waals surface area contributed by atoms with Gasteiger partial charge in [0.1, 0.15) is 0 Å². The van der Waals surface area contributed by atoms with E-state index < -0.39 is 0 Å². The van der Waals surface area contributed by atoms with Crippen LogP contribution in [-0.2, 0) is 0 Å². The summed E-state index contributed by atoms with van der Waals surface area (Å²) in [5.74, 6) is 2.28. The standard InChI is InChI=1S/C15H26O/c1-10-5-7-14-9-12(10)13(3,4)15(14,16)8-6-11(14)2/h10-12,16H,5-9H2,1-4H3/t10-,11+,12-,14-,15+/m0/s1. The van der Waals surface area contributed by atoms with Gasteiger partial charge in [0.15, 0.2) is 0 Å². The molecular weight excluding hydrogens is 196 g/mol. The van der Waals surface area contributed by atoms with Crippen LogP contribution in [0, 0.1) is 28.6 Å². The van der Waals surface area contributed by atoms with E-state index >= 15 is 0 Å². The van der Waals surface area contributed by atoms with Crippen molar-refractivity contribution < 1.29 is 5.11 Å². The number of aliphatic hydroxyl groups is 1. The molecule has 5 atom stereocenters. The molecule has 3 rings (SSSR count). The molecule has 0 aromatic heterocycles. The molecule has 3 aliphatic rings. The zero-order valence-electron chi connectivity index (χ0n) is 11.2. The molecule has 0 radical (unpaired) electrons. The molecule has 3 saturated carbocycles. The van der Waals surface area contributed by atoms with Crippen molar-refractivity contribution in [1.29, 1.82) is 0 Å². The highest BCUT2D eigenvalue weighted by Crippen LogP contribution is 2.74. The molecule has 2 bridgehead atoms. The van der Waals surface area contributed by atoms with Crippen molar-refractivity contribution >= 4 is 0 Å². The largest absolute Gasteiger partial charge is 0.389 e. The summed E-state index contributed by atoms with van der Waals surface area (Å²) in [4.78, 5) is 0. The van der Waals surface area contributed by atoms with E-state index in [0.717, 1.165) is 24.2 Å². The molecular formula is C15H26O. The van der Waals surface area contributed by atoms with Crippen molar-refractivity contribution in [2.75, 3.05) is 0 Å². The van der Waals surface area contributed by atoms with Gasteiger partial charge in [-0.25, -0.2) is 0 Å². The van der Waals surface area contributed by atoms with Crippen molar-refractivity contribution in [2.45, 2.75) is 65.4 Å². The molecule has 3 fully saturated rings. The van der Waals surface area contributed by atoms with Crippen LogP contribution < -0.4 is 0 Å². The number of rotatable bonds is 0. The van der Waals surface area contributed by atoms with E-state index in [1.165, 1.54) is 25.7 Å². The topological polar surface area (TPSA) is 20.2 Å². The molecule has 3 aliphatic carbocycles. The van der Waals surface area contributed by atoms with Gasteiger partial charge < -0.3 is 5.11 Å². The second-order valence-electron chi connectivity index (χ2n) is 7.50. The Kier molecular flexibility index (Phi) is 1.98. The van der Waals surface area contributed by atoms with Crippen LogP contribution in [0.2, 0.25) is 0 Å². The fraction of sp³-hybridized carbons (Fsp3) is 1.00. The molecule has 0 aliphatic heterocycles. The lowest BCUT2D eigenvalue weighted by Crippen LogP contribution is -2.49. The molecule has 92 valence electrons. The minimum absolute atomic E-state index is 0.133. The maximum Gasteiger partial charge on any atom is 0.0759 e. The zero-order chi connectivity index (χ0) is 11.8. The van der Waals surface area contributed by atoms with Gasteiger partial charge in [-0.2, -0.15) is 0 Å². The lowest BCUT2D eigenvalue weighted by Gasteiger charge is -2.45. The highest BCUT2D eigenvalue weighted by Gasteiger charge is 2.72. The minimum atomic E-state index is -0.366. The normalized spacial score (nSPS) is 58.7. The van der Waals surface area contributed by atoms with E-state index in [9.17, 15) is 5.11 Å². The quantitative estimate of drug-likeness (QED) is 0.664. The molecule has 1 N–H and O–H groups in total. The van der Waals surface area contributed by atoms with Crippen LogP contribution >= 0.6 is 0 Å². The molecule has 0 saturated heterocycles. The van der Waals surface area contributed by atoms with Crippen LogP contribution in [0.15, 0.2) is 0 Å². The Bertz CT molecular complexity index is 321. The predicted octanol–water partition coefficient (Wildman–Crippen LogP) is 3.61. The Balaban J connectivity index is 2.13. The summed E-state index contributed by atoms with van der Waals surface area (Å²) in [5, 5.41) is 11.3. The first-order valence-corrected chi connectivity index (χ1v) is 7.07. The van der Waals surface area contributed by atoms with Crippen LogP contribution in [-0.4, -0.2) is 10.7 Å². The number of fused-ring (bicyclic) bond motifs is 1. The number of hydrogen-bond acceptors (Lipinski definition) is 1. The van der Waals surface area contributed by atoms with Gasteiger partial charge in [-0.05, 0) is 55.3 Å². The van der Waals surface area contributed by atoms with E-state index in [0.29, 0.717) is 0 Å². The first kappa shape index (κ1) is 11.1. The Labute approximate surface area is 99.6 Å². The van der Waals surface area contributed by atoms with Gasteiger partial charge >= 0.3 is 0 Å². The summed E-state index contributed by atoms with van der Waals surface area (Å²) in [5.41, 5.74) is 0.0379. The third kappa shape index (κ3) is 0.903. The molecule has 1 spiro atoms. The average Bonchev–Trinajstić information content (AvgIpc) is 2.55. The van der Waals surface area contributed by atoms with Gasteiger partial charge in [0.25, 0.3) is 0 Å². The van der Waals surface area contributed by atoms with Gasteiger partial charge in [-0.3, -0.25) is 0 Å². The van der Waals surface area contributed by atoms with Crippen molar-refractivity contribution in [3.8, 4) is 0 Å². The van der Waals surface area contributed by atoms with E-state index in [4.69, 9.17) is 0 Å². The lowest BCUT2D eigenvalue weighted by atomic mass is 9.64. The van der Waals surface area contributed by atoms with Gasteiger partial charge in [-0.1, -0.05) is 27.7 Å². The summed E-state index contributed by atoms with van der Waals surface area (Å²) in [6.45, 7) is 9.44. The maximum atomic E-state index is 11.3. The lowest BCUT2D eigenvalue weighted by molar-refractivity contribution is -0.115. The molecule has 0 aromatic rings. The van der Waals surface area contributed by atoms with Crippen molar-refractivity contribution in [3.63, 3.8) is 0 Å². The third-order valence-corrected chi connectivity index (χ3v) is 7.02. The first-order valence-electron chi connectivity index (χ1n) is 7.07. The van der Waals surface area contributed by atoms with Gasteiger partial charge in [-0.15, -0.1) is 0 Å². The first-order chi connectivity index (χ1) is 7.35. The van der Waals surface area contributed by atoms with Crippen LogP contribution in [0.25, 0.3) is 0 Å². The predicted molar refractivity (Wildman–Crippen MR) is 66.1 cm³/mol. The molecule has 1 nitrogen and oxygen atoms in total. The summed E-state index contributed by atoms with van der Waals surface area (Å²) in [6, 6.07) is 0. The third-order valence-electron chi connectivity index (χ3n) is 7.02. The second kappa shape index (κ2) is 2.85. The number of hydrogen-bond donors (Lipinski definition) is 1. The van der Waals surface area contributed by atoms with E-state index in [-0.39, 0.29) is 16.4 Å². The molecule has 0 aromatic carbocycles. The Morgan fingerprint density at radius 2 is 1.75 bits per heavy atom. The molecule has 16 heavy (non-hydrogen) atoms. The monoisotopic (exact) mass is 222 g/mol. The fourth-order valence-corrected chi connectivity index (χ4v) is 5.80. The van der Waals surface area contributed by atoms with Gasteiger partial charge in [0, 0.05) is 5.41 Å². The molecule has 0 amide bonds. The fourth-order valence-electron chi connectivity index (χ4n) is 5.80. The van der Waals surface area contributed by atoms with Crippen molar-refractivity contribution in [2.24, 2.45) is 28.6 Å². The van der Waals surface area contributed by atoms with Crippen LogP contribution in [0.5, 0.6) is 0 Å². The zero-order valence-corrected chi connectivity index (χ0v) is 11.2. The Hall–Kier alpha value is -0.0400. The van der Waals surface area contributed by atoms with Crippen LogP contribution in [0.4, 0.5) is 0 Å². The summed E-state index contributed by atoms with van der Waals surface area (Å²) >= 11 is 0. The van der Waals surface area contributed by atoms with E-state index in [1.54, 1.807) is 0 Å². The van der Waals surface area contributed by atoms with E-state index in [1.807, 2.05) is 0 Å². The van der Waals surface area contributed by atoms with E-state index in [2.05, 4.69) is 27.7 Å². The SMILES string of the molecule is C[C@@H]1CC[C@@]2(O)C(C)(C)[C@H]3C[C@@]12CC[C@@H]3C. The highest BCUT2D eigenvalue weighted by molar-refractivity contribution is 5.22. The Morgan fingerprint density at radius 3 is 2.44 bits per heavy atom. The molecule has 0 heterocycles. The van der Waals surface area contributed by atoms with Crippen molar-refractivity contribution in [1.82, 2.24) is 0 Å². The smallest absolute Gasteiger partial charge is 0.0759 e. The summed E-state index contributed by atoms with van der Waals surface area (Å²) in [7, 11) is 0.